The minimum Gasteiger partial charge on any atom is -0.377 e. The monoisotopic (exact) mass is 250 g/mol. The number of hydrogen-bond acceptors (Lipinski definition) is 3. The molecular weight excluding hydrogens is 236 g/mol. The fourth-order valence-electron chi connectivity index (χ4n) is 2.28. The van der Waals surface area contributed by atoms with Crippen LogP contribution in [-0.4, -0.2) is 15.1 Å². The smallest absolute Gasteiger partial charge is 0.146 e. The molecule has 2 aromatic heterocycles. The predicted molar refractivity (Wildman–Crippen MR) is 74.7 cm³/mol. The molecule has 19 heavy (non-hydrogen) atoms. The molecule has 0 aliphatic rings. The Bertz CT molecular complexity index is 703. The van der Waals surface area contributed by atoms with Crippen molar-refractivity contribution in [2.45, 2.75) is 12.5 Å². The molecule has 0 fully saturated rings. The first-order valence-electron chi connectivity index (χ1n) is 6.18. The molecule has 0 amide bonds. The van der Waals surface area contributed by atoms with Gasteiger partial charge in [0.15, 0.2) is 0 Å². The summed E-state index contributed by atoms with van der Waals surface area (Å²) in [5, 5.41) is 12.8. The summed E-state index contributed by atoms with van der Waals surface area (Å²) in [4.78, 5) is 8.61. The summed E-state index contributed by atoms with van der Waals surface area (Å²) in [5.41, 5.74) is 0.0189. The van der Waals surface area contributed by atoms with Gasteiger partial charge in [-0.3, -0.25) is 9.97 Å². The molecule has 2 heterocycles. The lowest BCUT2D eigenvalue weighted by molar-refractivity contribution is 0.0944. The molecule has 0 radical (unpaired) electrons. The molecule has 0 spiro atoms. The van der Waals surface area contributed by atoms with Crippen molar-refractivity contribution in [3.05, 3.63) is 72.3 Å². The molecule has 3 aromatic rings. The maximum absolute atomic E-state index is 10.8. The number of rotatable bonds is 2. The van der Waals surface area contributed by atoms with E-state index in [0.29, 0.717) is 11.4 Å². The average molecular weight is 250 g/mol. The van der Waals surface area contributed by atoms with Gasteiger partial charge in [-0.15, -0.1) is 0 Å². The van der Waals surface area contributed by atoms with Crippen LogP contribution in [0.2, 0.25) is 0 Å². The van der Waals surface area contributed by atoms with Gasteiger partial charge in [-0.05, 0) is 30.5 Å². The standard InChI is InChI=1S/C16H14N2O/c1-16(19,14-8-4-5-10-17-14)15-13-7-3-2-6-12(13)9-11-18-15/h2-11,19H,1H3. The number of aliphatic hydroxyl groups is 1. The zero-order valence-electron chi connectivity index (χ0n) is 10.6. The zero-order chi connectivity index (χ0) is 13.3. The fourth-order valence-corrected chi connectivity index (χ4v) is 2.28. The van der Waals surface area contributed by atoms with Crippen LogP contribution in [0.25, 0.3) is 10.8 Å². The lowest BCUT2D eigenvalue weighted by Crippen LogP contribution is -2.25. The number of hydrogen-bond donors (Lipinski definition) is 1. The zero-order valence-corrected chi connectivity index (χ0v) is 10.6. The van der Waals surface area contributed by atoms with E-state index in [9.17, 15) is 5.11 Å². The SMILES string of the molecule is CC(O)(c1ccccn1)c1nccc2ccccc12. The van der Waals surface area contributed by atoms with E-state index >= 15 is 0 Å². The quantitative estimate of drug-likeness (QED) is 0.760. The van der Waals surface area contributed by atoms with E-state index in [2.05, 4.69) is 9.97 Å². The van der Waals surface area contributed by atoms with Gasteiger partial charge in [-0.25, -0.2) is 0 Å². The second kappa shape index (κ2) is 4.44. The summed E-state index contributed by atoms with van der Waals surface area (Å²) in [6.45, 7) is 1.73. The number of benzene rings is 1. The Morgan fingerprint density at radius 3 is 2.47 bits per heavy atom. The molecule has 0 bridgehead atoms. The average Bonchev–Trinajstić information content (AvgIpc) is 2.47. The van der Waals surface area contributed by atoms with Gasteiger partial charge in [0.1, 0.15) is 5.60 Å². The van der Waals surface area contributed by atoms with E-state index in [-0.39, 0.29) is 0 Å². The van der Waals surface area contributed by atoms with Gasteiger partial charge in [-0.1, -0.05) is 30.3 Å². The van der Waals surface area contributed by atoms with Crippen LogP contribution in [0.15, 0.2) is 60.9 Å². The van der Waals surface area contributed by atoms with Crippen LogP contribution in [0.5, 0.6) is 0 Å². The van der Waals surface area contributed by atoms with Gasteiger partial charge in [0.05, 0.1) is 11.4 Å². The Kier molecular flexibility index (Phi) is 2.76. The highest BCUT2D eigenvalue weighted by Crippen LogP contribution is 2.31. The Morgan fingerprint density at radius 1 is 0.895 bits per heavy atom. The van der Waals surface area contributed by atoms with Gasteiger partial charge in [-0.2, -0.15) is 0 Å². The van der Waals surface area contributed by atoms with Crippen LogP contribution in [0.1, 0.15) is 18.3 Å². The molecule has 0 aliphatic heterocycles. The molecular formula is C16H14N2O. The lowest BCUT2D eigenvalue weighted by Gasteiger charge is -2.23. The van der Waals surface area contributed by atoms with Crippen molar-refractivity contribution in [3.63, 3.8) is 0 Å². The van der Waals surface area contributed by atoms with E-state index in [1.165, 1.54) is 0 Å². The molecule has 3 rings (SSSR count). The highest BCUT2D eigenvalue weighted by molar-refractivity contribution is 5.85. The summed E-state index contributed by atoms with van der Waals surface area (Å²) >= 11 is 0. The van der Waals surface area contributed by atoms with Crippen molar-refractivity contribution in [2.24, 2.45) is 0 Å². The summed E-state index contributed by atoms with van der Waals surface area (Å²) in [5.74, 6) is 0. The highest BCUT2D eigenvalue weighted by atomic mass is 16.3. The second-order valence-electron chi connectivity index (χ2n) is 4.67. The Balaban J connectivity index is 2.24. The first kappa shape index (κ1) is 11.8. The molecule has 0 saturated heterocycles. The minimum absolute atomic E-state index is 0.596. The molecule has 1 atom stereocenters. The molecule has 1 unspecified atom stereocenters. The Labute approximate surface area is 111 Å². The third kappa shape index (κ3) is 1.98. The highest BCUT2D eigenvalue weighted by Gasteiger charge is 2.30. The van der Waals surface area contributed by atoms with Crippen LogP contribution in [0.4, 0.5) is 0 Å². The molecule has 0 aliphatic carbocycles. The number of fused-ring (bicyclic) bond motifs is 1. The molecule has 3 heteroatoms. The summed E-state index contributed by atoms with van der Waals surface area (Å²) in [7, 11) is 0. The van der Waals surface area contributed by atoms with Gasteiger partial charge in [0.2, 0.25) is 0 Å². The fraction of sp³-hybridized carbons (Fsp3) is 0.125. The van der Waals surface area contributed by atoms with Crippen LogP contribution in [-0.2, 0) is 5.60 Å². The van der Waals surface area contributed by atoms with Crippen LogP contribution >= 0.6 is 0 Å². The maximum Gasteiger partial charge on any atom is 0.146 e. The maximum atomic E-state index is 10.8. The first-order valence-corrected chi connectivity index (χ1v) is 6.18. The molecule has 94 valence electrons. The topological polar surface area (TPSA) is 46.0 Å². The van der Waals surface area contributed by atoms with E-state index in [4.69, 9.17) is 0 Å². The van der Waals surface area contributed by atoms with Gasteiger partial charge >= 0.3 is 0 Å². The Morgan fingerprint density at radius 2 is 1.68 bits per heavy atom. The van der Waals surface area contributed by atoms with Crippen molar-refractivity contribution in [2.75, 3.05) is 0 Å². The summed E-state index contributed by atoms with van der Waals surface area (Å²) in [6.07, 6.45) is 3.39. The van der Waals surface area contributed by atoms with Crippen molar-refractivity contribution in [1.29, 1.82) is 0 Å². The number of pyridine rings is 2. The van der Waals surface area contributed by atoms with E-state index < -0.39 is 5.60 Å². The summed E-state index contributed by atoms with van der Waals surface area (Å²) < 4.78 is 0. The van der Waals surface area contributed by atoms with Crippen LogP contribution in [0, 0.1) is 0 Å². The normalized spacial score (nSPS) is 14.2. The molecule has 1 aromatic carbocycles. The van der Waals surface area contributed by atoms with Crippen LogP contribution < -0.4 is 0 Å². The molecule has 0 saturated carbocycles. The van der Waals surface area contributed by atoms with Crippen molar-refractivity contribution in [1.82, 2.24) is 9.97 Å². The van der Waals surface area contributed by atoms with Crippen molar-refractivity contribution >= 4 is 10.8 Å². The van der Waals surface area contributed by atoms with Gasteiger partial charge in [0.25, 0.3) is 0 Å². The first-order chi connectivity index (χ1) is 9.19. The van der Waals surface area contributed by atoms with Crippen molar-refractivity contribution in [3.8, 4) is 0 Å². The minimum atomic E-state index is -1.21. The number of nitrogens with zero attached hydrogens (tertiary/aromatic N) is 2. The van der Waals surface area contributed by atoms with Gasteiger partial charge < -0.3 is 5.11 Å². The third-order valence-corrected chi connectivity index (χ3v) is 3.30. The Hall–Kier alpha value is -2.26. The van der Waals surface area contributed by atoms with Crippen LogP contribution in [0.3, 0.4) is 0 Å². The van der Waals surface area contributed by atoms with Crippen molar-refractivity contribution < 1.29 is 5.11 Å². The van der Waals surface area contributed by atoms with E-state index in [1.54, 1.807) is 19.3 Å². The van der Waals surface area contributed by atoms with E-state index in [0.717, 1.165) is 10.8 Å². The lowest BCUT2D eigenvalue weighted by atomic mass is 9.93. The van der Waals surface area contributed by atoms with Gasteiger partial charge in [0, 0.05) is 17.8 Å². The summed E-state index contributed by atoms with van der Waals surface area (Å²) in [6, 6.07) is 15.3. The third-order valence-electron chi connectivity index (χ3n) is 3.30. The second-order valence-corrected chi connectivity index (χ2v) is 4.67. The molecule has 1 N–H and O–H groups in total. The largest absolute Gasteiger partial charge is 0.377 e. The number of aromatic nitrogens is 2. The van der Waals surface area contributed by atoms with E-state index in [1.807, 2.05) is 48.5 Å². The predicted octanol–water partition coefficient (Wildman–Crippen LogP) is 2.89. The molecule has 3 nitrogen and oxygen atoms in total.